The zero-order valence-electron chi connectivity index (χ0n) is 12.6. The van der Waals surface area contributed by atoms with Crippen molar-refractivity contribution in [2.75, 3.05) is 18.6 Å². The Kier molecular flexibility index (Phi) is 7.00. The van der Waals surface area contributed by atoms with Gasteiger partial charge in [-0.05, 0) is 18.8 Å². The monoisotopic (exact) mass is 288 g/mol. The molecule has 19 heavy (non-hydrogen) atoms. The van der Waals surface area contributed by atoms with Gasteiger partial charge in [0, 0.05) is 29.4 Å². The highest BCUT2D eigenvalue weighted by molar-refractivity contribution is 7.84. The zero-order chi connectivity index (χ0) is 14.4. The van der Waals surface area contributed by atoms with Crippen LogP contribution in [0.3, 0.4) is 0 Å². The quantitative estimate of drug-likeness (QED) is 0.740. The molecule has 1 amide bonds. The van der Waals surface area contributed by atoms with Crippen LogP contribution < -0.4 is 5.32 Å². The smallest absolute Gasteiger partial charge is 0.241 e. The maximum absolute atomic E-state index is 12.5. The molecular weight excluding hydrogens is 260 g/mol. The summed E-state index contributed by atoms with van der Waals surface area (Å²) in [6.07, 6.45) is 5.78. The van der Waals surface area contributed by atoms with E-state index in [2.05, 4.69) is 26.1 Å². The summed E-state index contributed by atoms with van der Waals surface area (Å²) >= 11 is 0. The van der Waals surface area contributed by atoms with Gasteiger partial charge in [0.15, 0.2) is 0 Å². The van der Waals surface area contributed by atoms with E-state index < -0.39 is 10.8 Å². The van der Waals surface area contributed by atoms with Gasteiger partial charge in [-0.15, -0.1) is 0 Å². The Bertz CT molecular complexity index is 323. The zero-order valence-corrected chi connectivity index (χ0v) is 13.5. The van der Waals surface area contributed by atoms with Gasteiger partial charge in [0.05, 0.1) is 12.2 Å². The van der Waals surface area contributed by atoms with E-state index in [1.54, 1.807) is 6.26 Å². The van der Waals surface area contributed by atoms with E-state index in [1.807, 2.05) is 4.90 Å². The molecule has 0 bridgehead atoms. The van der Waals surface area contributed by atoms with Crippen LogP contribution in [0.4, 0.5) is 0 Å². The Morgan fingerprint density at radius 1 is 1.42 bits per heavy atom. The number of hydrogen-bond acceptors (Lipinski definition) is 3. The molecular formula is C14H28N2O2S. The molecule has 0 aromatic rings. The summed E-state index contributed by atoms with van der Waals surface area (Å²) in [6, 6.07) is -0.0336. The molecule has 1 aliphatic rings. The van der Waals surface area contributed by atoms with E-state index >= 15 is 0 Å². The highest BCUT2D eigenvalue weighted by Crippen LogP contribution is 2.21. The average Bonchev–Trinajstić information content (AvgIpc) is 2.67. The number of nitrogens with one attached hydrogen (secondary N) is 1. The van der Waals surface area contributed by atoms with Crippen LogP contribution in [0.5, 0.6) is 0 Å². The fraction of sp³-hybridized carbons (Fsp3) is 0.929. The van der Waals surface area contributed by atoms with Crippen molar-refractivity contribution in [3.05, 3.63) is 0 Å². The second kappa shape index (κ2) is 8.00. The van der Waals surface area contributed by atoms with Crippen LogP contribution in [0.1, 0.15) is 46.5 Å². The summed E-state index contributed by atoms with van der Waals surface area (Å²) < 4.78 is 11.1. The summed E-state index contributed by atoms with van der Waals surface area (Å²) in [4.78, 5) is 14.4. The van der Waals surface area contributed by atoms with E-state index in [9.17, 15) is 9.00 Å². The summed E-state index contributed by atoms with van der Waals surface area (Å²) in [5.41, 5.74) is 0. The van der Waals surface area contributed by atoms with Crippen LogP contribution in [0.2, 0.25) is 0 Å². The van der Waals surface area contributed by atoms with Gasteiger partial charge >= 0.3 is 0 Å². The van der Waals surface area contributed by atoms with Crippen molar-refractivity contribution in [3.8, 4) is 0 Å². The first-order valence-corrected chi connectivity index (χ1v) is 9.10. The minimum atomic E-state index is -0.769. The second-order valence-electron chi connectivity index (χ2n) is 5.50. The Balaban J connectivity index is 2.63. The van der Waals surface area contributed by atoms with Crippen LogP contribution in [0.25, 0.3) is 0 Å². The highest BCUT2D eigenvalue weighted by Gasteiger charge is 2.39. The number of nitrogens with zero attached hydrogens (tertiary/aromatic N) is 1. The molecule has 1 fully saturated rings. The third-order valence-corrected chi connectivity index (χ3v) is 4.77. The summed E-state index contributed by atoms with van der Waals surface area (Å²) in [6.45, 7) is 7.12. The van der Waals surface area contributed by atoms with Crippen molar-refractivity contribution >= 4 is 16.7 Å². The molecule has 0 saturated carbocycles. The molecule has 1 heterocycles. The summed E-state index contributed by atoms with van der Waals surface area (Å²) in [5, 5.41) is 3.48. The SMILES string of the molecule is CCCC1NC(C(C)CC)C(=O)N1CCCS(C)=O. The number of rotatable bonds is 8. The van der Waals surface area contributed by atoms with Gasteiger partial charge in [0.2, 0.25) is 5.91 Å². The van der Waals surface area contributed by atoms with Gasteiger partial charge in [-0.2, -0.15) is 0 Å². The average molecular weight is 288 g/mol. The lowest BCUT2D eigenvalue weighted by molar-refractivity contribution is -0.130. The lowest BCUT2D eigenvalue weighted by atomic mass is 9.99. The molecule has 0 aromatic carbocycles. The first kappa shape index (κ1) is 16.6. The molecule has 4 unspecified atom stereocenters. The van der Waals surface area contributed by atoms with E-state index in [1.165, 1.54) is 0 Å². The Labute approximate surface area is 119 Å². The number of carbonyl (C=O) groups excluding carboxylic acids is 1. The molecule has 5 heteroatoms. The predicted molar refractivity (Wildman–Crippen MR) is 80.3 cm³/mol. The summed E-state index contributed by atoms with van der Waals surface area (Å²) in [7, 11) is -0.769. The lowest BCUT2D eigenvalue weighted by Gasteiger charge is -2.23. The van der Waals surface area contributed by atoms with Crippen molar-refractivity contribution in [2.45, 2.75) is 58.7 Å². The maximum atomic E-state index is 12.5. The molecule has 1 saturated heterocycles. The molecule has 0 spiro atoms. The standard InChI is InChI=1S/C14H28N2O2S/c1-5-8-12-15-13(11(3)6-2)14(17)16(12)9-7-10-19(4)18/h11-13,15H,5-10H2,1-4H3. The first-order chi connectivity index (χ1) is 9.01. The Morgan fingerprint density at radius 2 is 2.11 bits per heavy atom. The molecule has 1 aliphatic heterocycles. The van der Waals surface area contributed by atoms with Gasteiger partial charge in [0.25, 0.3) is 0 Å². The van der Waals surface area contributed by atoms with E-state index in [0.717, 1.165) is 32.2 Å². The van der Waals surface area contributed by atoms with Crippen LogP contribution in [0, 0.1) is 5.92 Å². The fourth-order valence-electron chi connectivity index (χ4n) is 2.56. The molecule has 112 valence electrons. The molecule has 1 rings (SSSR count). The van der Waals surface area contributed by atoms with Gasteiger partial charge in [-0.25, -0.2) is 0 Å². The minimum absolute atomic E-state index is 0.0336. The Hall–Kier alpha value is -0.420. The lowest BCUT2D eigenvalue weighted by Crippen LogP contribution is -2.38. The van der Waals surface area contributed by atoms with E-state index in [0.29, 0.717) is 11.7 Å². The second-order valence-corrected chi connectivity index (χ2v) is 7.05. The summed E-state index contributed by atoms with van der Waals surface area (Å²) in [5.74, 6) is 1.28. The fourth-order valence-corrected chi connectivity index (χ4v) is 3.10. The molecule has 0 radical (unpaired) electrons. The van der Waals surface area contributed by atoms with Crippen LogP contribution in [0.15, 0.2) is 0 Å². The number of carbonyl (C=O) groups is 1. The molecule has 1 N–H and O–H groups in total. The van der Waals surface area contributed by atoms with Crippen molar-refractivity contribution in [1.82, 2.24) is 10.2 Å². The molecule has 0 aromatic heterocycles. The van der Waals surface area contributed by atoms with Crippen molar-refractivity contribution in [1.29, 1.82) is 0 Å². The molecule has 4 nitrogen and oxygen atoms in total. The minimum Gasteiger partial charge on any atom is -0.326 e. The molecule has 0 aliphatic carbocycles. The molecule has 4 atom stereocenters. The van der Waals surface area contributed by atoms with E-state index in [4.69, 9.17) is 0 Å². The van der Waals surface area contributed by atoms with Gasteiger partial charge < -0.3 is 4.90 Å². The van der Waals surface area contributed by atoms with Gasteiger partial charge in [-0.3, -0.25) is 14.3 Å². The number of amides is 1. The van der Waals surface area contributed by atoms with E-state index in [-0.39, 0.29) is 18.1 Å². The normalized spacial score (nSPS) is 26.7. The topological polar surface area (TPSA) is 49.4 Å². The van der Waals surface area contributed by atoms with Crippen LogP contribution >= 0.6 is 0 Å². The van der Waals surface area contributed by atoms with Crippen molar-refractivity contribution in [2.24, 2.45) is 5.92 Å². The first-order valence-electron chi connectivity index (χ1n) is 7.37. The van der Waals surface area contributed by atoms with Crippen LogP contribution in [-0.2, 0) is 15.6 Å². The Morgan fingerprint density at radius 3 is 2.63 bits per heavy atom. The third kappa shape index (κ3) is 4.56. The third-order valence-electron chi connectivity index (χ3n) is 3.90. The predicted octanol–water partition coefficient (Wildman–Crippen LogP) is 1.73. The van der Waals surface area contributed by atoms with Gasteiger partial charge in [0.1, 0.15) is 0 Å². The van der Waals surface area contributed by atoms with Crippen LogP contribution in [-0.4, -0.2) is 45.8 Å². The highest BCUT2D eigenvalue weighted by atomic mass is 32.2. The number of hydrogen-bond donors (Lipinski definition) is 1. The largest absolute Gasteiger partial charge is 0.326 e. The van der Waals surface area contributed by atoms with Crippen molar-refractivity contribution < 1.29 is 9.00 Å². The van der Waals surface area contributed by atoms with Crippen molar-refractivity contribution in [3.63, 3.8) is 0 Å². The van der Waals surface area contributed by atoms with Gasteiger partial charge in [-0.1, -0.05) is 33.6 Å². The maximum Gasteiger partial charge on any atom is 0.241 e.